The number of nitrogens with zero attached hydrogens (tertiary/aromatic N) is 3. The molecule has 2 fully saturated rings. The monoisotopic (exact) mass is 562 g/mol. The number of benzene rings is 2. The summed E-state index contributed by atoms with van der Waals surface area (Å²) in [5.41, 5.74) is 11.1. The molecule has 1 spiro atoms. The first-order chi connectivity index (χ1) is 20.6. The smallest absolute Gasteiger partial charge is 0.123 e. The van der Waals surface area contributed by atoms with Crippen LogP contribution in [0.3, 0.4) is 0 Å². The maximum Gasteiger partial charge on any atom is 0.123 e. The van der Waals surface area contributed by atoms with Gasteiger partial charge in [-0.3, -0.25) is 4.90 Å². The van der Waals surface area contributed by atoms with Crippen molar-refractivity contribution in [3.8, 4) is 33.6 Å². The molecule has 0 radical (unpaired) electrons. The van der Waals surface area contributed by atoms with Crippen molar-refractivity contribution in [1.29, 1.82) is 0 Å². The van der Waals surface area contributed by atoms with Crippen LogP contribution in [0.1, 0.15) is 99.4 Å². The molecule has 0 bridgehead atoms. The van der Waals surface area contributed by atoms with E-state index < -0.39 is 0 Å². The van der Waals surface area contributed by atoms with Crippen LogP contribution in [0.4, 0.5) is 0 Å². The van der Waals surface area contributed by atoms with E-state index >= 15 is 0 Å². The molecular formula is C36H46N6. The van der Waals surface area contributed by atoms with Gasteiger partial charge in [-0.2, -0.15) is 0 Å². The molecule has 3 N–H and O–H groups in total. The molecule has 1 aliphatic heterocycles. The first-order valence-electron chi connectivity index (χ1n) is 16.3. The minimum atomic E-state index is 0.329. The third kappa shape index (κ3) is 4.92. The number of imidazole rings is 2. The summed E-state index contributed by atoms with van der Waals surface area (Å²) in [7, 11) is 4.24. The highest BCUT2D eigenvalue weighted by Gasteiger charge is 2.43. The molecule has 220 valence electrons. The van der Waals surface area contributed by atoms with Crippen LogP contribution in [0, 0.1) is 0 Å². The van der Waals surface area contributed by atoms with Crippen LogP contribution in [-0.4, -0.2) is 52.0 Å². The number of nitrogens with one attached hydrogen (secondary N) is 3. The van der Waals surface area contributed by atoms with Crippen molar-refractivity contribution in [1.82, 2.24) is 30.2 Å². The second-order valence-electron chi connectivity index (χ2n) is 13.2. The van der Waals surface area contributed by atoms with E-state index in [1.165, 1.54) is 72.9 Å². The second-order valence-corrected chi connectivity index (χ2v) is 13.2. The number of likely N-dealkylation sites (tertiary alicyclic amines) is 1. The van der Waals surface area contributed by atoms with Crippen LogP contribution in [0.5, 0.6) is 0 Å². The quantitative estimate of drug-likeness (QED) is 0.182. The molecule has 1 saturated carbocycles. The van der Waals surface area contributed by atoms with Gasteiger partial charge in [0.15, 0.2) is 0 Å². The summed E-state index contributed by atoms with van der Waals surface area (Å²) < 4.78 is 0. The summed E-state index contributed by atoms with van der Waals surface area (Å²) >= 11 is 0. The molecule has 42 heavy (non-hydrogen) atoms. The number of hydrogen-bond donors (Lipinski definition) is 3. The van der Waals surface area contributed by atoms with Gasteiger partial charge < -0.3 is 15.3 Å². The van der Waals surface area contributed by atoms with Crippen molar-refractivity contribution in [3.05, 3.63) is 71.6 Å². The maximum absolute atomic E-state index is 4.88. The fourth-order valence-corrected chi connectivity index (χ4v) is 8.23. The van der Waals surface area contributed by atoms with E-state index in [2.05, 4.69) is 76.8 Å². The molecule has 3 heterocycles. The molecule has 1 saturated heterocycles. The average Bonchev–Trinajstić information content (AvgIpc) is 3.85. The topological polar surface area (TPSA) is 72.6 Å². The number of hydrogen-bond acceptors (Lipinski definition) is 4. The van der Waals surface area contributed by atoms with Crippen LogP contribution in [0.25, 0.3) is 33.6 Å². The van der Waals surface area contributed by atoms with Crippen molar-refractivity contribution in [2.45, 2.75) is 88.5 Å². The third-order valence-corrected chi connectivity index (χ3v) is 10.6. The SMILES string of the molecule is CNCCCC(C)c1ncc(-c2ccc(-c3ccc(-c4cnc(C5CCCN5C)[nH]4)c4c3C3(CCCC3)CC4)cc2)[nH]1. The lowest BCUT2D eigenvalue weighted by atomic mass is 9.76. The number of aromatic amines is 2. The highest BCUT2D eigenvalue weighted by atomic mass is 15.2. The second kappa shape index (κ2) is 11.5. The molecular weight excluding hydrogens is 516 g/mol. The first-order valence-corrected chi connectivity index (χ1v) is 16.3. The van der Waals surface area contributed by atoms with Gasteiger partial charge in [-0.05, 0) is 112 Å². The average molecular weight is 563 g/mol. The minimum absolute atomic E-state index is 0.329. The Hall–Kier alpha value is -3.22. The Morgan fingerprint density at radius 3 is 2.45 bits per heavy atom. The number of fused-ring (bicyclic) bond motifs is 2. The molecule has 2 aromatic carbocycles. The Kier molecular flexibility index (Phi) is 7.53. The Morgan fingerprint density at radius 1 is 0.929 bits per heavy atom. The van der Waals surface area contributed by atoms with Gasteiger partial charge in [0.05, 0.1) is 29.8 Å². The van der Waals surface area contributed by atoms with E-state index in [9.17, 15) is 0 Å². The lowest BCUT2D eigenvalue weighted by Crippen LogP contribution is -2.19. The fraction of sp³-hybridized carbons (Fsp3) is 0.500. The first kappa shape index (κ1) is 27.6. The summed E-state index contributed by atoms with van der Waals surface area (Å²) in [5, 5.41) is 3.24. The third-order valence-electron chi connectivity index (χ3n) is 10.6. The Labute approximate surface area is 250 Å². The van der Waals surface area contributed by atoms with Crippen LogP contribution in [-0.2, 0) is 11.8 Å². The summed E-state index contributed by atoms with van der Waals surface area (Å²) in [6, 6.07) is 14.4. The van der Waals surface area contributed by atoms with Gasteiger partial charge in [-0.15, -0.1) is 0 Å². The zero-order chi connectivity index (χ0) is 28.7. The lowest BCUT2D eigenvalue weighted by Gasteiger charge is -2.28. The van der Waals surface area contributed by atoms with E-state index in [1.54, 1.807) is 11.1 Å². The van der Waals surface area contributed by atoms with E-state index in [-0.39, 0.29) is 0 Å². The molecule has 2 aliphatic carbocycles. The van der Waals surface area contributed by atoms with E-state index in [4.69, 9.17) is 9.97 Å². The van der Waals surface area contributed by atoms with Crippen LogP contribution < -0.4 is 5.32 Å². The highest BCUT2D eigenvalue weighted by molar-refractivity contribution is 5.80. The fourth-order valence-electron chi connectivity index (χ4n) is 8.23. The van der Waals surface area contributed by atoms with Gasteiger partial charge in [0.1, 0.15) is 11.6 Å². The van der Waals surface area contributed by atoms with Crippen molar-refractivity contribution in [3.63, 3.8) is 0 Å². The zero-order valence-corrected chi connectivity index (χ0v) is 25.6. The van der Waals surface area contributed by atoms with Crippen LogP contribution in [0.15, 0.2) is 48.8 Å². The summed E-state index contributed by atoms with van der Waals surface area (Å²) in [5.74, 6) is 2.64. The minimum Gasteiger partial charge on any atom is -0.342 e. The molecule has 6 nitrogen and oxygen atoms in total. The van der Waals surface area contributed by atoms with Crippen LogP contribution >= 0.6 is 0 Å². The summed E-state index contributed by atoms with van der Waals surface area (Å²) in [6.07, 6.45) is 16.6. The molecule has 2 aromatic heterocycles. The van der Waals surface area contributed by atoms with Gasteiger partial charge in [0.25, 0.3) is 0 Å². The van der Waals surface area contributed by atoms with Crippen molar-refractivity contribution in [2.24, 2.45) is 0 Å². The molecule has 4 aromatic rings. The van der Waals surface area contributed by atoms with Crippen LogP contribution in [0.2, 0.25) is 0 Å². The number of rotatable bonds is 9. The summed E-state index contributed by atoms with van der Waals surface area (Å²) in [6.45, 7) is 4.47. The highest BCUT2D eigenvalue weighted by Crippen LogP contribution is 2.55. The number of H-pyrrole nitrogens is 2. The largest absolute Gasteiger partial charge is 0.342 e. The van der Waals surface area contributed by atoms with Crippen molar-refractivity contribution in [2.75, 3.05) is 27.2 Å². The summed E-state index contributed by atoms with van der Waals surface area (Å²) in [4.78, 5) is 19.4. The molecule has 7 rings (SSSR count). The van der Waals surface area contributed by atoms with Gasteiger partial charge in [-0.25, -0.2) is 9.97 Å². The Morgan fingerprint density at radius 2 is 1.69 bits per heavy atom. The molecule has 2 unspecified atom stereocenters. The Balaban J connectivity index is 1.20. The number of aromatic nitrogens is 4. The van der Waals surface area contributed by atoms with E-state index in [1.807, 2.05) is 13.2 Å². The maximum atomic E-state index is 4.88. The Bertz CT molecular complexity index is 1520. The van der Waals surface area contributed by atoms with Gasteiger partial charge in [-0.1, -0.05) is 56.2 Å². The van der Waals surface area contributed by atoms with E-state index in [0.29, 0.717) is 17.4 Å². The zero-order valence-electron chi connectivity index (χ0n) is 25.6. The normalized spacial score (nSPS) is 20.5. The van der Waals surface area contributed by atoms with Gasteiger partial charge in [0.2, 0.25) is 0 Å². The lowest BCUT2D eigenvalue weighted by molar-refractivity contribution is 0.307. The van der Waals surface area contributed by atoms with Gasteiger partial charge in [0, 0.05) is 11.5 Å². The predicted molar refractivity (Wildman–Crippen MR) is 172 cm³/mol. The molecule has 0 amide bonds. The van der Waals surface area contributed by atoms with E-state index in [0.717, 1.165) is 49.7 Å². The van der Waals surface area contributed by atoms with Crippen molar-refractivity contribution < 1.29 is 0 Å². The molecule has 6 heteroatoms. The molecule has 3 aliphatic rings. The standard InChI is InChI=1S/C36H46N6/c1-24(8-6-20-37-2)34-38-22-30(40-34)26-12-10-25(11-13-26)27-14-15-28(29-16-19-36(33(27)29)17-4-5-18-36)31-23-39-35(41-31)32-9-7-21-42(32)3/h10-15,22-24,32,37H,4-9,16-21H2,1-3H3,(H,38,40)(H,39,41). The van der Waals surface area contributed by atoms with Gasteiger partial charge >= 0.3 is 0 Å². The predicted octanol–water partition coefficient (Wildman–Crippen LogP) is 7.76. The molecule has 2 atom stereocenters. The van der Waals surface area contributed by atoms with Crippen molar-refractivity contribution >= 4 is 0 Å².